The van der Waals surface area contributed by atoms with Crippen molar-refractivity contribution in [1.29, 1.82) is 0 Å². The van der Waals surface area contributed by atoms with Crippen LogP contribution in [0.25, 0.3) is 0 Å². The van der Waals surface area contributed by atoms with Crippen LogP contribution < -0.4 is 20.8 Å². The summed E-state index contributed by atoms with van der Waals surface area (Å²) in [7, 11) is 3.12. The molecule has 3 rings (SSSR count). The van der Waals surface area contributed by atoms with E-state index in [-0.39, 0.29) is 19.0 Å². The Morgan fingerprint density at radius 2 is 1.76 bits per heavy atom. The van der Waals surface area contributed by atoms with Crippen molar-refractivity contribution < 1.29 is 23.9 Å². The normalized spacial score (nSPS) is 17.5. The maximum absolute atomic E-state index is 12.9. The SMILES string of the molecule is COc1cccc(NC(=O)CN(C)CC(=O)NN2C(=O)NC(C)(CCc3ccccc3)C2=O)c1. The topological polar surface area (TPSA) is 120 Å². The summed E-state index contributed by atoms with van der Waals surface area (Å²) in [5, 5.41) is 6.09. The van der Waals surface area contributed by atoms with Crippen LogP contribution in [0.2, 0.25) is 0 Å². The van der Waals surface area contributed by atoms with E-state index in [4.69, 9.17) is 4.74 Å². The number of nitrogens with one attached hydrogen (secondary N) is 3. The van der Waals surface area contributed by atoms with E-state index >= 15 is 0 Å². The van der Waals surface area contributed by atoms with Gasteiger partial charge in [0.15, 0.2) is 0 Å². The first kappa shape index (κ1) is 24.7. The monoisotopic (exact) mass is 467 g/mol. The number of urea groups is 1. The van der Waals surface area contributed by atoms with E-state index in [9.17, 15) is 19.2 Å². The van der Waals surface area contributed by atoms with Crippen LogP contribution in [-0.4, -0.2) is 66.4 Å². The molecule has 1 saturated heterocycles. The van der Waals surface area contributed by atoms with Gasteiger partial charge < -0.3 is 15.4 Å². The second kappa shape index (κ2) is 10.8. The van der Waals surface area contributed by atoms with Crippen molar-refractivity contribution in [3.8, 4) is 5.75 Å². The summed E-state index contributed by atoms with van der Waals surface area (Å²) in [6.07, 6.45) is 0.981. The van der Waals surface area contributed by atoms with Gasteiger partial charge in [0, 0.05) is 11.8 Å². The number of aryl methyl sites for hydroxylation is 1. The number of likely N-dealkylation sites (N-methyl/N-ethyl adjacent to an activating group) is 1. The van der Waals surface area contributed by atoms with E-state index in [0.717, 1.165) is 5.56 Å². The van der Waals surface area contributed by atoms with E-state index in [1.54, 1.807) is 38.2 Å². The number of imide groups is 1. The smallest absolute Gasteiger partial charge is 0.344 e. The third-order valence-electron chi connectivity index (χ3n) is 5.43. The highest BCUT2D eigenvalue weighted by Gasteiger charge is 2.48. The summed E-state index contributed by atoms with van der Waals surface area (Å²) in [5.74, 6) is -0.838. The van der Waals surface area contributed by atoms with Crippen LogP contribution in [-0.2, 0) is 20.8 Å². The standard InChI is InChI=1S/C24H29N5O5/c1-24(13-12-17-8-5-4-6-9-17)22(32)29(23(33)26-24)27-21(31)16-28(2)15-20(30)25-18-10-7-11-19(14-18)34-3/h4-11,14H,12-13,15-16H2,1-3H3,(H,25,30)(H,26,33)(H,27,31). The molecule has 0 saturated carbocycles. The Morgan fingerprint density at radius 3 is 2.47 bits per heavy atom. The Hall–Kier alpha value is -3.92. The van der Waals surface area contributed by atoms with Crippen molar-refractivity contribution in [2.24, 2.45) is 0 Å². The predicted octanol–water partition coefficient (Wildman–Crippen LogP) is 1.54. The van der Waals surface area contributed by atoms with Gasteiger partial charge >= 0.3 is 6.03 Å². The molecule has 0 radical (unpaired) electrons. The van der Waals surface area contributed by atoms with Gasteiger partial charge in [-0.05, 0) is 44.5 Å². The minimum atomic E-state index is -1.12. The number of amides is 5. The van der Waals surface area contributed by atoms with Crippen LogP contribution in [0, 0.1) is 0 Å². The number of anilines is 1. The fourth-order valence-electron chi connectivity index (χ4n) is 3.60. The molecule has 5 amide bonds. The van der Waals surface area contributed by atoms with Gasteiger partial charge in [0.25, 0.3) is 11.8 Å². The number of carbonyl (C=O) groups excluding carboxylic acids is 4. The molecule has 2 aromatic carbocycles. The summed E-state index contributed by atoms with van der Waals surface area (Å²) in [5.41, 5.74) is 2.83. The predicted molar refractivity (Wildman–Crippen MR) is 126 cm³/mol. The summed E-state index contributed by atoms with van der Waals surface area (Å²) in [4.78, 5) is 51.4. The van der Waals surface area contributed by atoms with Gasteiger partial charge in [-0.2, -0.15) is 5.01 Å². The second-order valence-corrected chi connectivity index (χ2v) is 8.38. The molecular weight excluding hydrogens is 438 g/mol. The van der Waals surface area contributed by atoms with Crippen molar-refractivity contribution in [2.45, 2.75) is 25.3 Å². The molecule has 1 heterocycles. The molecule has 1 fully saturated rings. The number of methoxy groups -OCH3 is 1. The van der Waals surface area contributed by atoms with Crippen LogP contribution in [0.3, 0.4) is 0 Å². The third kappa shape index (κ3) is 6.32. The van der Waals surface area contributed by atoms with Gasteiger partial charge in [0.2, 0.25) is 5.91 Å². The van der Waals surface area contributed by atoms with Crippen molar-refractivity contribution in [3.05, 3.63) is 60.2 Å². The maximum atomic E-state index is 12.9. The number of benzene rings is 2. The average Bonchev–Trinajstić information content (AvgIpc) is 3.01. The summed E-state index contributed by atoms with van der Waals surface area (Å²) in [6, 6.07) is 15.8. The quantitative estimate of drug-likeness (QED) is 0.456. The van der Waals surface area contributed by atoms with Gasteiger partial charge in [-0.3, -0.25) is 24.7 Å². The fraction of sp³-hybridized carbons (Fsp3) is 0.333. The van der Waals surface area contributed by atoms with Gasteiger partial charge in [-0.1, -0.05) is 36.4 Å². The molecule has 3 N–H and O–H groups in total. The van der Waals surface area contributed by atoms with Gasteiger partial charge in [0.05, 0.1) is 20.2 Å². The van der Waals surface area contributed by atoms with Crippen molar-refractivity contribution >= 4 is 29.4 Å². The molecule has 1 aliphatic heterocycles. The van der Waals surface area contributed by atoms with Crippen LogP contribution in [0.1, 0.15) is 18.9 Å². The van der Waals surface area contributed by atoms with Gasteiger partial charge in [-0.15, -0.1) is 0 Å². The van der Waals surface area contributed by atoms with Gasteiger partial charge in [-0.25, -0.2) is 4.79 Å². The van der Waals surface area contributed by atoms with Crippen LogP contribution in [0.4, 0.5) is 10.5 Å². The molecule has 34 heavy (non-hydrogen) atoms. The zero-order chi connectivity index (χ0) is 24.7. The molecule has 0 aromatic heterocycles. The van der Waals surface area contributed by atoms with E-state index in [2.05, 4.69) is 16.1 Å². The molecule has 0 spiro atoms. The molecule has 1 unspecified atom stereocenters. The van der Waals surface area contributed by atoms with Crippen molar-refractivity contribution in [1.82, 2.24) is 20.7 Å². The lowest BCUT2D eigenvalue weighted by atomic mass is 9.93. The minimum Gasteiger partial charge on any atom is -0.497 e. The highest BCUT2D eigenvalue weighted by molar-refractivity contribution is 6.07. The lowest BCUT2D eigenvalue weighted by Gasteiger charge is -2.22. The van der Waals surface area contributed by atoms with Crippen LogP contribution >= 0.6 is 0 Å². The molecule has 10 heteroatoms. The highest BCUT2D eigenvalue weighted by Crippen LogP contribution is 2.22. The number of hydrogen-bond donors (Lipinski definition) is 3. The summed E-state index contributed by atoms with van der Waals surface area (Å²) < 4.78 is 5.12. The Bertz CT molecular complexity index is 1060. The Kier molecular flexibility index (Phi) is 7.85. The number of hydrazine groups is 1. The first-order chi connectivity index (χ1) is 16.2. The highest BCUT2D eigenvalue weighted by atomic mass is 16.5. The zero-order valence-corrected chi connectivity index (χ0v) is 19.5. The Balaban J connectivity index is 1.48. The van der Waals surface area contributed by atoms with Gasteiger partial charge in [0.1, 0.15) is 11.3 Å². The van der Waals surface area contributed by atoms with Crippen LogP contribution in [0.15, 0.2) is 54.6 Å². The molecule has 180 valence electrons. The minimum absolute atomic E-state index is 0.0699. The van der Waals surface area contributed by atoms with Crippen molar-refractivity contribution in [3.63, 3.8) is 0 Å². The summed E-state index contributed by atoms with van der Waals surface area (Å²) >= 11 is 0. The Labute approximate surface area is 198 Å². The maximum Gasteiger partial charge on any atom is 0.344 e. The molecular formula is C24H29N5O5. The lowest BCUT2D eigenvalue weighted by molar-refractivity contribution is -0.139. The van der Waals surface area contributed by atoms with E-state index in [1.165, 1.54) is 12.0 Å². The average molecular weight is 468 g/mol. The number of nitrogens with zero attached hydrogens (tertiary/aromatic N) is 2. The van der Waals surface area contributed by atoms with E-state index < -0.39 is 23.4 Å². The molecule has 1 aliphatic rings. The molecule has 1 atom stereocenters. The number of rotatable bonds is 10. The number of ether oxygens (including phenoxy) is 1. The van der Waals surface area contributed by atoms with E-state index in [0.29, 0.717) is 29.3 Å². The number of hydrogen-bond acceptors (Lipinski definition) is 6. The second-order valence-electron chi connectivity index (χ2n) is 8.38. The largest absolute Gasteiger partial charge is 0.497 e. The first-order valence-electron chi connectivity index (χ1n) is 10.8. The Morgan fingerprint density at radius 1 is 1.06 bits per heavy atom. The third-order valence-corrected chi connectivity index (χ3v) is 5.43. The lowest BCUT2D eigenvalue weighted by Crippen LogP contribution is -2.51. The summed E-state index contributed by atoms with van der Waals surface area (Å²) in [6.45, 7) is 1.38. The number of carbonyl (C=O) groups is 4. The molecule has 0 aliphatic carbocycles. The molecule has 2 aromatic rings. The zero-order valence-electron chi connectivity index (χ0n) is 19.5. The fourth-order valence-corrected chi connectivity index (χ4v) is 3.60. The van der Waals surface area contributed by atoms with Crippen molar-refractivity contribution in [2.75, 3.05) is 32.6 Å². The molecule has 10 nitrogen and oxygen atoms in total. The first-order valence-corrected chi connectivity index (χ1v) is 10.8. The van der Waals surface area contributed by atoms with Crippen LogP contribution in [0.5, 0.6) is 5.75 Å². The molecule has 0 bridgehead atoms. The van der Waals surface area contributed by atoms with E-state index in [1.807, 2.05) is 30.3 Å².